The second-order valence-corrected chi connectivity index (χ2v) is 4.41. The van der Waals surface area contributed by atoms with Crippen molar-refractivity contribution in [2.24, 2.45) is 0 Å². The predicted molar refractivity (Wildman–Crippen MR) is 70.5 cm³/mol. The highest BCUT2D eigenvalue weighted by Gasteiger charge is 2.22. The van der Waals surface area contributed by atoms with Gasteiger partial charge in [0.15, 0.2) is 0 Å². The molecule has 94 valence electrons. The van der Waals surface area contributed by atoms with Crippen molar-refractivity contribution in [2.45, 2.75) is 25.8 Å². The lowest BCUT2D eigenvalue weighted by Gasteiger charge is -2.17. The van der Waals surface area contributed by atoms with Gasteiger partial charge in [0.1, 0.15) is 18.0 Å². The van der Waals surface area contributed by atoms with Crippen LogP contribution in [0.4, 0.5) is 11.6 Å². The number of hydrogen-bond acceptors (Lipinski definition) is 5. The number of aromatic nitrogens is 2. The van der Waals surface area contributed by atoms with Gasteiger partial charge < -0.3 is 15.5 Å². The Hall–Kier alpha value is -1.36. The highest BCUT2D eigenvalue weighted by Crippen LogP contribution is 2.19. The van der Waals surface area contributed by atoms with E-state index < -0.39 is 0 Å². The number of nitrogens with zero attached hydrogens (tertiary/aromatic N) is 3. The molecule has 5 heteroatoms. The first-order valence-corrected chi connectivity index (χ1v) is 6.31. The molecule has 1 aromatic rings. The summed E-state index contributed by atoms with van der Waals surface area (Å²) in [4.78, 5) is 10.9. The van der Waals surface area contributed by atoms with Crippen molar-refractivity contribution in [1.29, 1.82) is 0 Å². The van der Waals surface area contributed by atoms with Crippen LogP contribution >= 0.6 is 0 Å². The van der Waals surface area contributed by atoms with Crippen LogP contribution in [-0.2, 0) is 0 Å². The summed E-state index contributed by atoms with van der Waals surface area (Å²) < 4.78 is 0. The molecular weight excluding hydrogens is 214 g/mol. The van der Waals surface area contributed by atoms with Crippen molar-refractivity contribution in [3.8, 4) is 0 Å². The average molecular weight is 235 g/mol. The molecule has 1 unspecified atom stereocenters. The predicted octanol–water partition coefficient (Wildman–Crippen LogP) is 1.10. The van der Waals surface area contributed by atoms with E-state index in [1.54, 1.807) is 6.33 Å². The minimum Gasteiger partial charge on any atom is -0.370 e. The van der Waals surface area contributed by atoms with Crippen LogP contribution in [0, 0.1) is 0 Å². The fraction of sp³-hybridized carbons (Fsp3) is 0.667. The molecule has 2 rings (SSSR count). The largest absolute Gasteiger partial charge is 0.370 e. The van der Waals surface area contributed by atoms with Crippen molar-refractivity contribution >= 4 is 11.6 Å². The molecule has 0 radical (unpaired) electrons. The average Bonchev–Trinajstić information content (AvgIpc) is 2.85. The Morgan fingerprint density at radius 1 is 1.47 bits per heavy atom. The Morgan fingerprint density at radius 2 is 2.35 bits per heavy atom. The van der Waals surface area contributed by atoms with E-state index in [9.17, 15) is 0 Å². The first kappa shape index (κ1) is 12.1. The summed E-state index contributed by atoms with van der Waals surface area (Å²) in [5.41, 5.74) is 0. The highest BCUT2D eigenvalue weighted by molar-refractivity contribution is 5.49. The van der Waals surface area contributed by atoms with Crippen molar-refractivity contribution in [1.82, 2.24) is 15.3 Å². The number of nitrogens with one attached hydrogen (secondary N) is 2. The van der Waals surface area contributed by atoms with Crippen molar-refractivity contribution in [3.05, 3.63) is 12.4 Å². The van der Waals surface area contributed by atoms with Gasteiger partial charge in [-0.1, -0.05) is 6.92 Å². The van der Waals surface area contributed by atoms with Gasteiger partial charge in [-0.2, -0.15) is 0 Å². The lowest BCUT2D eigenvalue weighted by molar-refractivity contribution is 0.616. The van der Waals surface area contributed by atoms with Crippen LogP contribution in [0.2, 0.25) is 0 Å². The number of rotatable bonds is 5. The topological polar surface area (TPSA) is 53.1 Å². The van der Waals surface area contributed by atoms with E-state index in [1.165, 1.54) is 6.42 Å². The molecule has 2 heterocycles. The van der Waals surface area contributed by atoms with Crippen molar-refractivity contribution in [3.63, 3.8) is 0 Å². The zero-order chi connectivity index (χ0) is 12.1. The van der Waals surface area contributed by atoms with Crippen LogP contribution in [0.1, 0.15) is 19.8 Å². The molecule has 0 aromatic carbocycles. The molecule has 1 saturated heterocycles. The first-order valence-electron chi connectivity index (χ1n) is 6.31. The Morgan fingerprint density at radius 3 is 3.06 bits per heavy atom. The third kappa shape index (κ3) is 3.06. The molecule has 17 heavy (non-hydrogen) atoms. The molecular formula is C12H21N5. The summed E-state index contributed by atoms with van der Waals surface area (Å²) in [7, 11) is 2.02. The van der Waals surface area contributed by atoms with Gasteiger partial charge in [-0.05, 0) is 19.9 Å². The number of anilines is 2. The molecule has 1 aliphatic rings. The maximum absolute atomic E-state index is 4.35. The second kappa shape index (κ2) is 5.82. The van der Waals surface area contributed by atoms with Crippen LogP contribution in [0.15, 0.2) is 12.4 Å². The molecule has 1 aromatic heterocycles. The summed E-state index contributed by atoms with van der Waals surface area (Å²) in [6.45, 7) is 5.19. The molecule has 1 atom stereocenters. The SMILES string of the molecule is CCCNc1cc(N2CCC(NC)C2)ncn1. The van der Waals surface area contributed by atoms with Crippen LogP contribution in [-0.4, -0.2) is 42.7 Å². The Balaban J connectivity index is 2.01. The van der Waals surface area contributed by atoms with Crippen LogP contribution in [0.25, 0.3) is 0 Å². The van der Waals surface area contributed by atoms with Crippen molar-refractivity contribution in [2.75, 3.05) is 36.9 Å². The zero-order valence-electron chi connectivity index (χ0n) is 10.6. The molecule has 0 saturated carbocycles. The minimum atomic E-state index is 0.581. The second-order valence-electron chi connectivity index (χ2n) is 4.41. The molecule has 1 aliphatic heterocycles. The Labute approximate surface area is 103 Å². The first-order chi connectivity index (χ1) is 8.33. The molecule has 0 bridgehead atoms. The van der Waals surface area contributed by atoms with Gasteiger partial charge in [-0.25, -0.2) is 9.97 Å². The summed E-state index contributed by atoms with van der Waals surface area (Å²) in [5, 5.41) is 6.60. The molecule has 1 fully saturated rings. The maximum atomic E-state index is 4.35. The van der Waals surface area contributed by atoms with Crippen LogP contribution in [0.3, 0.4) is 0 Å². The third-order valence-corrected chi connectivity index (χ3v) is 3.13. The van der Waals surface area contributed by atoms with Gasteiger partial charge in [0.25, 0.3) is 0 Å². The summed E-state index contributed by atoms with van der Waals surface area (Å²) >= 11 is 0. The zero-order valence-corrected chi connectivity index (χ0v) is 10.6. The Kier molecular flexibility index (Phi) is 4.14. The maximum Gasteiger partial charge on any atom is 0.134 e. The summed E-state index contributed by atoms with van der Waals surface area (Å²) in [6.07, 6.45) is 3.92. The van der Waals surface area contributed by atoms with Crippen LogP contribution in [0.5, 0.6) is 0 Å². The van der Waals surface area contributed by atoms with Gasteiger partial charge in [0.05, 0.1) is 0 Å². The number of hydrogen-bond donors (Lipinski definition) is 2. The van der Waals surface area contributed by atoms with E-state index in [-0.39, 0.29) is 0 Å². The minimum absolute atomic E-state index is 0.581. The third-order valence-electron chi connectivity index (χ3n) is 3.13. The van der Waals surface area contributed by atoms with E-state index in [1.807, 2.05) is 13.1 Å². The van der Waals surface area contributed by atoms with Gasteiger partial charge in [-0.15, -0.1) is 0 Å². The fourth-order valence-corrected chi connectivity index (χ4v) is 2.07. The highest BCUT2D eigenvalue weighted by atomic mass is 15.2. The van der Waals surface area contributed by atoms with Gasteiger partial charge in [-0.3, -0.25) is 0 Å². The van der Waals surface area contributed by atoms with Gasteiger partial charge >= 0.3 is 0 Å². The van der Waals surface area contributed by atoms with E-state index in [0.717, 1.165) is 37.7 Å². The molecule has 5 nitrogen and oxygen atoms in total. The summed E-state index contributed by atoms with van der Waals surface area (Å²) in [5.74, 6) is 1.95. The fourth-order valence-electron chi connectivity index (χ4n) is 2.07. The van der Waals surface area contributed by atoms with Crippen LogP contribution < -0.4 is 15.5 Å². The lowest BCUT2D eigenvalue weighted by Crippen LogP contribution is -2.29. The molecule has 0 spiro atoms. The van der Waals surface area contributed by atoms with Gasteiger partial charge in [0.2, 0.25) is 0 Å². The standard InChI is InChI=1S/C12H21N5/c1-3-5-14-11-7-12(16-9-15-11)17-6-4-10(8-17)13-2/h7,9-10,13H,3-6,8H2,1-2H3,(H,14,15,16). The molecule has 0 amide bonds. The van der Waals surface area contributed by atoms with E-state index >= 15 is 0 Å². The Bertz CT molecular complexity index is 355. The smallest absolute Gasteiger partial charge is 0.134 e. The molecule has 2 N–H and O–H groups in total. The normalized spacial score (nSPS) is 19.6. The number of likely N-dealkylation sites (N-methyl/N-ethyl adjacent to an activating group) is 1. The van der Waals surface area contributed by atoms with E-state index in [0.29, 0.717) is 6.04 Å². The summed E-state index contributed by atoms with van der Waals surface area (Å²) in [6, 6.07) is 2.62. The van der Waals surface area contributed by atoms with E-state index in [4.69, 9.17) is 0 Å². The van der Waals surface area contributed by atoms with E-state index in [2.05, 4.69) is 32.4 Å². The molecule has 0 aliphatic carbocycles. The quantitative estimate of drug-likeness (QED) is 0.800. The lowest BCUT2D eigenvalue weighted by atomic mass is 10.3. The van der Waals surface area contributed by atoms with Gasteiger partial charge in [0, 0.05) is 31.7 Å². The monoisotopic (exact) mass is 235 g/mol. The van der Waals surface area contributed by atoms with Crippen molar-refractivity contribution < 1.29 is 0 Å².